The molecule has 6 heteroatoms. The van der Waals surface area contributed by atoms with Gasteiger partial charge in [-0.05, 0) is 32.8 Å². The van der Waals surface area contributed by atoms with Crippen LogP contribution in [-0.4, -0.2) is 10.5 Å². The second kappa shape index (κ2) is 3.92. The average molecular weight is 239 g/mol. The first-order valence-corrected chi connectivity index (χ1v) is 6.17. The van der Waals surface area contributed by atoms with Crippen molar-refractivity contribution in [1.29, 1.82) is 0 Å². The van der Waals surface area contributed by atoms with Crippen LogP contribution in [0.25, 0.3) is 0 Å². The predicted molar refractivity (Wildman–Crippen MR) is 58.9 cm³/mol. The number of carbonyl (C=O) groups is 1. The molecule has 0 radical (unpaired) electrons. The lowest BCUT2D eigenvalue weighted by molar-refractivity contribution is 0.0955. The van der Waals surface area contributed by atoms with Crippen molar-refractivity contribution >= 4 is 26.6 Å². The van der Waals surface area contributed by atoms with Gasteiger partial charge >= 0.3 is 9.75 Å². The van der Waals surface area contributed by atoms with Crippen molar-refractivity contribution < 1.29 is 4.79 Å². The third kappa shape index (κ3) is 1.81. The van der Waals surface area contributed by atoms with Gasteiger partial charge in [0, 0.05) is 5.56 Å². The molecule has 15 heavy (non-hydrogen) atoms. The van der Waals surface area contributed by atoms with Crippen molar-refractivity contribution in [3.8, 4) is 0 Å². The molecule has 1 heterocycles. The Morgan fingerprint density at radius 1 is 1.00 bits per heavy atom. The molecule has 0 aliphatic carbocycles. The van der Waals surface area contributed by atoms with Gasteiger partial charge in [-0.2, -0.15) is 4.57 Å². The van der Waals surface area contributed by atoms with Crippen LogP contribution in [0.15, 0.2) is 39.9 Å². The zero-order chi connectivity index (χ0) is 10.8. The minimum atomic E-state index is -0.567. The summed E-state index contributed by atoms with van der Waals surface area (Å²) in [5, 5.41) is 0. The van der Waals surface area contributed by atoms with Gasteiger partial charge in [0.25, 0.3) is 5.91 Å². The van der Waals surface area contributed by atoms with Crippen molar-refractivity contribution in [2.45, 2.75) is 0 Å². The second-order valence-corrected chi connectivity index (χ2v) is 4.74. The first-order valence-electron chi connectivity index (χ1n) is 4.02. The molecule has 76 valence electrons. The predicted octanol–water partition coefficient (Wildman–Crippen LogP) is 1.02. The van der Waals surface area contributed by atoms with E-state index in [1.54, 1.807) is 30.3 Å². The lowest BCUT2D eigenvalue weighted by atomic mass is 10.2. The minimum absolute atomic E-state index is 0.335. The van der Waals surface area contributed by atoms with Crippen molar-refractivity contribution in [3.05, 3.63) is 55.2 Å². The monoisotopic (exact) mass is 239 g/mol. The second-order valence-electron chi connectivity index (χ2n) is 2.71. The van der Waals surface area contributed by atoms with Crippen LogP contribution in [-0.2, 0) is 0 Å². The van der Waals surface area contributed by atoms with Crippen LogP contribution >= 0.6 is 20.7 Å². The SMILES string of the molecule is O=C(c1ccccc1)n1c(=O)ssc1=O. The molecule has 2 aromatic rings. The highest BCUT2D eigenvalue weighted by atomic mass is 32.9. The number of rotatable bonds is 1. The van der Waals surface area contributed by atoms with Crippen molar-refractivity contribution in [2.24, 2.45) is 0 Å². The van der Waals surface area contributed by atoms with Crippen molar-refractivity contribution in [2.75, 3.05) is 0 Å². The zero-order valence-electron chi connectivity index (χ0n) is 7.38. The first-order chi connectivity index (χ1) is 7.20. The largest absolute Gasteiger partial charge is 0.327 e. The smallest absolute Gasteiger partial charge is 0.268 e. The Labute approximate surface area is 91.4 Å². The molecule has 1 aromatic carbocycles. The van der Waals surface area contributed by atoms with Gasteiger partial charge in [-0.1, -0.05) is 18.2 Å². The summed E-state index contributed by atoms with van der Waals surface area (Å²) in [4.78, 5) is 33.1. The maximum Gasteiger partial charge on any atom is 0.327 e. The summed E-state index contributed by atoms with van der Waals surface area (Å²) in [6.45, 7) is 0. The molecule has 0 atom stereocenters. The summed E-state index contributed by atoms with van der Waals surface area (Å²) in [5.41, 5.74) is 0.335. The van der Waals surface area contributed by atoms with Crippen LogP contribution in [0.4, 0.5) is 0 Å². The quantitative estimate of drug-likeness (QED) is 0.698. The Bertz CT molecular complexity index is 566. The average Bonchev–Trinajstić information content (AvgIpc) is 2.59. The molecule has 0 aliphatic rings. The molecule has 0 aliphatic heterocycles. The van der Waals surface area contributed by atoms with E-state index in [9.17, 15) is 14.4 Å². The Morgan fingerprint density at radius 3 is 2.07 bits per heavy atom. The lowest BCUT2D eigenvalue weighted by Crippen LogP contribution is -2.31. The van der Waals surface area contributed by atoms with E-state index in [4.69, 9.17) is 0 Å². The molecule has 1 aromatic heterocycles. The molecule has 4 nitrogen and oxygen atoms in total. The summed E-state index contributed by atoms with van der Waals surface area (Å²) in [5.74, 6) is -0.567. The zero-order valence-corrected chi connectivity index (χ0v) is 9.01. The molecule has 0 unspecified atom stereocenters. The van der Waals surface area contributed by atoms with E-state index < -0.39 is 15.7 Å². The molecule has 0 bridgehead atoms. The number of hydrogen-bond acceptors (Lipinski definition) is 5. The minimum Gasteiger partial charge on any atom is -0.268 e. The Kier molecular flexibility index (Phi) is 2.61. The molecule has 0 amide bonds. The van der Waals surface area contributed by atoms with Gasteiger partial charge in [0.1, 0.15) is 0 Å². The highest BCUT2D eigenvalue weighted by Gasteiger charge is 2.14. The molecule has 0 spiro atoms. The lowest BCUT2D eigenvalue weighted by Gasteiger charge is -1.97. The van der Waals surface area contributed by atoms with Gasteiger partial charge in [0.15, 0.2) is 0 Å². The number of hydrogen-bond donors (Lipinski definition) is 0. The van der Waals surface area contributed by atoms with Crippen LogP contribution < -0.4 is 9.75 Å². The normalized spacial score (nSPS) is 10.1. The maximum atomic E-state index is 11.7. The van der Waals surface area contributed by atoms with E-state index in [0.717, 1.165) is 20.7 Å². The van der Waals surface area contributed by atoms with E-state index in [1.165, 1.54) is 0 Å². The number of nitrogens with zero attached hydrogens (tertiary/aromatic N) is 1. The van der Waals surface area contributed by atoms with E-state index in [0.29, 0.717) is 10.1 Å². The third-order valence-electron chi connectivity index (χ3n) is 1.77. The highest BCUT2D eigenvalue weighted by molar-refractivity contribution is 7.67. The van der Waals surface area contributed by atoms with Gasteiger partial charge in [-0.3, -0.25) is 14.4 Å². The van der Waals surface area contributed by atoms with Gasteiger partial charge < -0.3 is 0 Å². The number of carbonyl (C=O) groups excluding carboxylic acids is 1. The van der Waals surface area contributed by atoms with Crippen LogP contribution in [0.1, 0.15) is 10.4 Å². The molecule has 0 saturated heterocycles. The standard InChI is InChI=1S/C9H5NO3S2/c11-7(6-4-2-1-3-5-6)10-8(12)14-15-9(10)13/h1-5H. The summed E-state index contributed by atoms with van der Waals surface area (Å²) >= 11 is 0. The van der Waals surface area contributed by atoms with Gasteiger partial charge in [0.2, 0.25) is 0 Å². The van der Waals surface area contributed by atoms with E-state index in [-0.39, 0.29) is 0 Å². The highest BCUT2D eigenvalue weighted by Crippen LogP contribution is 2.01. The van der Waals surface area contributed by atoms with E-state index in [1.807, 2.05) is 0 Å². The molecule has 0 N–H and O–H groups in total. The van der Waals surface area contributed by atoms with Crippen LogP contribution in [0.3, 0.4) is 0 Å². The third-order valence-corrected chi connectivity index (χ3v) is 3.61. The number of benzene rings is 1. The fraction of sp³-hybridized carbons (Fsp3) is 0. The Balaban J connectivity index is 2.56. The van der Waals surface area contributed by atoms with Crippen LogP contribution in [0.5, 0.6) is 0 Å². The van der Waals surface area contributed by atoms with Gasteiger partial charge in [-0.25, -0.2) is 0 Å². The number of aromatic nitrogens is 1. The Hall–Kier alpha value is -1.53. The topological polar surface area (TPSA) is 56.1 Å². The Morgan fingerprint density at radius 2 is 1.53 bits per heavy atom. The molecule has 0 fully saturated rings. The fourth-order valence-electron chi connectivity index (χ4n) is 1.10. The van der Waals surface area contributed by atoms with Crippen molar-refractivity contribution in [3.63, 3.8) is 0 Å². The fourth-order valence-corrected chi connectivity index (χ4v) is 2.65. The van der Waals surface area contributed by atoms with Crippen LogP contribution in [0, 0.1) is 0 Å². The summed E-state index contributed by atoms with van der Waals surface area (Å²) in [6, 6.07) is 8.25. The van der Waals surface area contributed by atoms with Crippen LogP contribution in [0.2, 0.25) is 0 Å². The molecule has 2 rings (SSSR count). The summed E-state index contributed by atoms with van der Waals surface area (Å²) in [7, 11) is 1.54. The van der Waals surface area contributed by atoms with E-state index in [2.05, 4.69) is 0 Å². The van der Waals surface area contributed by atoms with E-state index >= 15 is 0 Å². The maximum absolute atomic E-state index is 11.7. The molecular formula is C9H5NO3S2. The molecular weight excluding hydrogens is 234 g/mol. The summed E-state index contributed by atoms with van der Waals surface area (Å²) < 4.78 is 0.657. The summed E-state index contributed by atoms with van der Waals surface area (Å²) in [6.07, 6.45) is 0. The van der Waals surface area contributed by atoms with Gasteiger partial charge in [-0.15, -0.1) is 0 Å². The van der Waals surface area contributed by atoms with Gasteiger partial charge in [0.05, 0.1) is 0 Å². The first kappa shape index (κ1) is 10.0. The molecule has 0 saturated carbocycles. The van der Waals surface area contributed by atoms with Crippen molar-refractivity contribution in [1.82, 2.24) is 4.57 Å².